The van der Waals surface area contributed by atoms with E-state index in [2.05, 4.69) is 30.8 Å². The van der Waals surface area contributed by atoms with Crippen LogP contribution in [-0.2, 0) is 23.1 Å². The van der Waals surface area contributed by atoms with Crippen molar-refractivity contribution in [1.82, 2.24) is 24.3 Å². The van der Waals surface area contributed by atoms with Gasteiger partial charge < -0.3 is 0 Å². The number of aromatic nitrogens is 4. The lowest BCUT2D eigenvalue weighted by molar-refractivity contribution is 0.552. The van der Waals surface area contributed by atoms with Crippen LogP contribution in [0.15, 0.2) is 28.0 Å². The molecule has 0 radical (unpaired) electrons. The quantitative estimate of drug-likeness (QED) is 0.744. The topological polar surface area (TPSA) is 81.8 Å². The molecule has 2 rings (SSSR count). The van der Waals surface area contributed by atoms with Crippen molar-refractivity contribution in [2.75, 3.05) is 6.54 Å². The van der Waals surface area contributed by atoms with Gasteiger partial charge in [0.25, 0.3) is 0 Å². The third-order valence-electron chi connectivity index (χ3n) is 3.10. The predicted molar refractivity (Wildman–Crippen MR) is 82.4 cm³/mol. The van der Waals surface area contributed by atoms with Crippen molar-refractivity contribution in [3.63, 3.8) is 0 Å². The van der Waals surface area contributed by atoms with Gasteiger partial charge in [0, 0.05) is 25.8 Å². The summed E-state index contributed by atoms with van der Waals surface area (Å²) < 4.78 is 31.3. The second-order valence-corrected chi connectivity index (χ2v) is 7.23. The van der Waals surface area contributed by atoms with E-state index >= 15 is 0 Å². The Kier molecular flexibility index (Phi) is 5.17. The van der Waals surface area contributed by atoms with Gasteiger partial charge >= 0.3 is 0 Å². The molecular weight excluding hydrogens is 358 g/mol. The number of hydrogen-bond acceptors (Lipinski definition) is 4. The second-order valence-electron chi connectivity index (χ2n) is 4.58. The Balaban J connectivity index is 1.90. The highest BCUT2D eigenvalue weighted by atomic mass is 79.9. The number of nitrogens with zero attached hydrogens (tertiary/aromatic N) is 4. The van der Waals surface area contributed by atoms with Gasteiger partial charge in [-0.15, -0.1) is 0 Å². The molecule has 0 fully saturated rings. The summed E-state index contributed by atoms with van der Waals surface area (Å²) in [6.45, 7) is 5.34. The zero-order chi connectivity index (χ0) is 15.5. The molecule has 0 bridgehead atoms. The lowest BCUT2D eigenvalue weighted by Gasteiger charge is -2.07. The normalized spacial score (nSPS) is 12.0. The maximum Gasteiger partial charge on any atom is 0.243 e. The summed E-state index contributed by atoms with van der Waals surface area (Å²) in [6.07, 6.45) is 5.61. The molecule has 0 aliphatic heterocycles. The van der Waals surface area contributed by atoms with E-state index in [9.17, 15) is 8.42 Å². The largest absolute Gasteiger partial charge is 0.272 e. The van der Waals surface area contributed by atoms with Crippen LogP contribution in [0, 0.1) is 6.92 Å². The molecule has 2 heterocycles. The Hall–Kier alpha value is -1.19. The van der Waals surface area contributed by atoms with Crippen LogP contribution >= 0.6 is 15.9 Å². The van der Waals surface area contributed by atoms with Crippen LogP contribution in [0.1, 0.15) is 19.0 Å². The molecule has 0 spiro atoms. The molecule has 9 heteroatoms. The minimum Gasteiger partial charge on any atom is -0.272 e. The van der Waals surface area contributed by atoms with Crippen LogP contribution in [0.4, 0.5) is 0 Å². The number of rotatable bonds is 7. The molecule has 116 valence electrons. The number of aryl methyl sites for hydroxylation is 2. The molecule has 0 aliphatic rings. The Morgan fingerprint density at radius 1 is 1.33 bits per heavy atom. The highest BCUT2D eigenvalue weighted by molar-refractivity contribution is 9.10. The van der Waals surface area contributed by atoms with Crippen LogP contribution in [-0.4, -0.2) is 34.5 Å². The summed E-state index contributed by atoms with van der Waals surface area (Å²) in [5.41, 5.74) is 0.654. The van der Waals surface area contributed by atoms with Crippen molar-refractivity contribution < 1.29 is 8.42 Å². The molecule has 0 unspecified atom stereocenters. The third kappa shape index (κ3) is 3.92. The van der Waals surface area contributed by atoms with E-state index in [4.69, 9.17) is 0 Å². The van der Waals surface area contributed by atoms with Crippen LogP contribution < -0.4 is 4.72 Å². The van der Waals surface area contributed by atoms with E-state index in [0.717, 1.165) is 4.47 Å². The van der Waals surface area contributed by atoms with Gasteiger partial charge in [0.15, 0.2) is 0 Å². The highest BCUT2D eigenvalue weighted by Crippen LogP contribution is 2.13. The molecule has 0 saturated heterocycles. The summed E-state index contributed by atoms with van der Waals surface area (Å²) >= 11 is 3.32. The minimum atomic E-state index is -3.50. The van der Waals surface area contributed by atoms with E-state index in [1.807, 2.05) is 13.1 Å². The van der Waals surface area contributed by atoms with Crippen molar-refractivity contribution in [2.45, 2.75) is 38.3 Å². The Morgan fingerprint density at radius 3 is 2.67 bits per heavy atom. The molecule has 2 aromatic rings. The molecule has 7 nitrogen and oxygen atoms in total. The standard InChI is InChI=1S/C12H18BrN5O2S/c1-3-18-10(2)12(8-15-18)21(19,20)16-5-4-6-17-9-11(13)7-14-17/h7-9,16H,3-6H2,1-2H3. The first-order chi connectivity index (χ1) is 9.94. The molecule has 2 aromatic heterocycles. The molecule has 0 atom stereocenters. The fourth-order valence-corrected chi connectivity index (χ4v) is 3.57. The molecular formula is C12H18BrN5O2S. The summed E-state index contributed by atoms with van der Waals surface area (Å²) in [5, 5.41) is 8.17. The fourth-order valence-electron chi connectivity index (χ4n) is 2.00. The number of halogens is 1. The van der Waals surface area contributed by atoms with Crippen molar-refractivity contribution in [3.8, 4) is 0 Å². The van der Waals surface area contributed by atoms with Gasteiger partial charge in [-0.05, 0) is 36.2 Å². The van der Waals surface area contributed by atoms with Crippen molar-refractivity contribution >= 4 is 26.0 Å². The molecule has 0 aliphatic carbocycles. The Bertz CT molecular complexity index is 707. The van der Waals surface area contributed by atoms with Crippen LogP contribution in [0.25, 0.3) is 0 Å². The first-order valence-electron chi connectivity index (χ1n) is 6.64. The molecule has 21 heavy (non-hydrogen) atoms. The summed E-state index contributed by atoms with van der Waals surface area (Å²) in [5.74, 6) is 0. The van der Waals surface area contributed by atoms with Gasteiger partial charge in [0.2, 0.25) is 10.0 Å². The number of nitrogens with one attached hydrogen (secondary N) is 1. The zero-order valence-electron chi connectivity index (χ0n) is 12.0. The highest BCUT2D eigenvalue weighted by Gasteiger charge is 2.19. The summed E-state index contributed by atoms with van der Waals surface area (Å²) in [7, 11) is -3.50. The SMILES string of the molecule is CCn1ncc(S(=O)(=O)NCCCn2cc(Br)cn2)c1C. The second kappa shape index (κ2) is 6.71. The third-order valence-corrected chi connectivity index (χ3v) is 5.08. The fraction of sp³-hybridized carbons (Fsp3) is 0.500. The van der Waals surface area contributed by atoms with Crippen LogP contribution in [0.5, 0.6) is 0 Å². The maximum absolute atomic E-state index is 12.2. The van der Waals surface area contributed by atoms with Gasteiger partial charge in [0.1, 0.15) is 4.90 Å². The maximum atomic E-state index is 12.2. The molecule has 0 aromatic carbocycles. The Morgan fingerprint density at radius 2 is 2.10 bits per heavy atom. The van der Waals surface area contributed by atoms with E-state index in [0.29, 0.717) is 31.7 Å². The monoisotopic (exact) mass is 375 g/mol. The van der Waals surface area contributed by atoms with Crippen molar-refractivity contribution in [1.29, 1.82) is 0 Å². The summed E-state index contributed by atoms with van der Waals surface area (Å²) in [6, 6.07) is 0. The van der Waals surface area contributed by atoms with E-state index in [1.165, 1.54) is 6.20 Å². The number of sulfonamides is 1. The average Bonchev–Trinajstić information content (AvgIpc) is 3.01. The van der Waals surface area contributed by atoms with E-state index < -0.39 is 10.0 Å². The number of hydrogen-bond donors (Lipinski definition) is 1. The van der Waals surface area contributed by atoms with Crippen LogP contribution in [0.3, 0.4) is 0 Å². The van der Waals surface area contributed by atoms with Crippen molar-refractivity contribution in [2.24, 2.45) is 0 Å². The van der Waals surface area contributed by atoms with Crippen LogP contribution in [0.2, 0.25) is 0 Å². The van der Waals surface area contributed by atoms with Gasteiger partial charge in [-0.2, -0.15) is 10.2 Å². The van der Waals surface area contributed by atoms with E-state index in [1.54, 1.807) is 22.5 Å². The van der Waals surface area contributed by atoms with Gasteiger partial charge in [0.05, 0.1) is 22.6 Å². The zero-order valence-corrected chi connectivity index (χ0v) is 14.4. The molecule has 1 N–H and O–H groups in total. The Labute approximate surface area is 132 Å². The smallest absolute Gasteiger partial charge is 0.243 e. The molecule has 0 amide bonds. The minimum absolute atomic E-state index is 0.242. The van der Waals surface area contributed by atoms with E-state index in [-0.39, 0.29) is 4.90 Å². The van der Waals surface area contributed by atoms with Gasteiger partial charge in [-0.25, -0.2) is 13.1 Å². The summed E-state index contributed by atoms with van der Waals surface area (Å²) in [4.78, 5) is 0.242. The van der Waals surface area contributed by atoms with Crippen molar-refractivity contribution in [3.05, 3.63) is 28.8 Å². The lowest BCUT2D eigenvalue weighted by atomic mass is 10.4. The first kappa shape index (κ1) is 16.2. The lowest BCUT2D eigenvalue weighted by Crippen LogP contribution is -2.26. The first-order valence-corrected chi connectivity index (χ1v) is 8.91. The predicted octanol–water partition coefficient (Wildman–Crippen LogP) is 1.54. The van der Waals surface area contributed by atoms with Gasteiger partial charge in [-0.3, -0.25) is 9.36 Å². The average molecular weight is 376 g/mol. The van der Waals surface area contributed by atoms with Gasteiger partial charge in [-0.1, -0.05) is 0 Å². The molecule has 0 saturated carbocycles.